The van der Waals surface area contributed by atoms with Crippen LogP contribution in [0.15, 0.2) is 0 Å². The van der Waals surface area contributed by atoms with Crippen molar-refractivity contribution in [2.75, 3.05) is 6.61 Å². The molecule has 2 rings (SSSR count). The third-order valence-electron chi connectivity index (χ3n) is 3.13. The number of aliphatic hydroxyl groups excluding tert-OH is 1. The van der Waals surface area contributed by atoms with Crippen molar-refractivity contribution in [3.8, 4) is 0 Å². The number of fused-ring (bicyclic) bond motifs is 1. The molecule has 0 amide bonds. The first kappa shape index (κ1) is 8.11. The molecule has 0 aromatic carbocycles. The lowest BCUT2D eigenvalue weighted by Gasteiger charge is -2.24. The van der Waals surface area contributed by atoms with Gasteiger partial charge in [0.05, 0.1) is 25.9 Å². The molecule has 1 N–H and O–H groups in total. The number of carbonyl (C=O) groups is 1. The Balaban J connectivity index is 2.34. The van der Waals surface area contributed by atoms with Crippen LogP contribution in [0, 0.1) is 11.8 Å². The lowest BCUT2D eigenvalue weighted by Crippen LogP contribution is -2.34. The third-order valence-corrected chi connectivity index (χ3v) is 3.13. The van der Waals surface area contributed by atoms with Gasteiger partial charge in [0.25, 0.3) is 0 Å². The molecular weight excluding hydrogens is 155 g/mol. The molecule has 12 heavy (non-hydrogen) atoms. The van der Waals surface area contributed by atoms with E-state index >= 15 is 0 Å². The molecule has 2 fully saturated rings. The predicted octanol–water partition coefficient (Wildman–Crippen LogP) is -0.113. The summed E-state index contributed by atoms with van der Waals surface area (Å²) in [4.78, 5) is 11.2. The van der Waals surface area contributed by atoms with E-state index in [0.29, 0.717) is 6.61 Å². The van der Waals surface area contributed by atoms with E-state index in [1.165, 1.54) is 0 Å². The fourth-order valence-corrected chi connectivity index (χ4v) is 2.28. The molecule has 0 aromatic heterocycles. The molecule has 64 valence electrons. The smallest absolute Gasteiger partial charge is 0.306 e. The lowest BCUT2D eigenvalue weighted by molar-refractivity contribution is -0.143. The van der Waals surface area contributed by atoms with E-state index < -0.39 is 17.4 Å². The summed E-state index contributed by atoms with van der Waals surface area (Å²) in [7, 11) is 5.82. The summed E-state index contributed by atoms with van der Waals surface area (Å²) in [6.45, 7) is 2.28. The summed E-state index contributed by atoms with van der Waals surface area (Å²) in [6.07, 6.45) is 0.0427. The van der Waals surface area contributed by atoms with Crippen LogP contribution in [-0.4, -0.2) is 31.6 Å². The van der Waals surface area contributed by atoms with Crippen molar-refractivity contribution in [2.24, 2.45) is 11.8 Å². The van der Waals surface area contributed by atoms with Crippen LogP contribution in [0.4, 0.5) is 0 Å². The van der Waals surface area contributed by atoms with E-state index in [4.69, 9.17) is 12.6 Å². The summed E-state index contributed by atoms with van der Waals surface area (Å²) in [5.74, 6) is -0.327. The first-order chi connectivity index (χ1) is 5.56. The quantitative estimate of drug-likeness (QED) is 0.403. The van der Waals surface area contributed by atoms with Crippen LogP contribution in [0.25, 0.3) is 0 Å². The van der Waals surface area contributed by atoms with E-state index in [-0.39, 0.29) is 11.8 Å². The lowest BCUT2D eigenvalue weighted by atomic mass is 9.62. The van der Waals surface area contributed by atoms with Gasteiger partial charge in [-0.2, -0.15) is 0 Å². The molecule has 4 heteroatoms. The van der Waals surface area contributed by atoms with Gasteiger partial charge >= 0.3 is 5.97 Å². The average Bonchev–Trinajstić information content (AvgIpc) is 2.41. The number of cyclic esters (lactones) is 1. The fraction of sp³-hybridized carbons (Fsp3) is 0.875. The largest absolute Gasteiger partial charge is 0.465 e. The standard InChI is InChI=1S/C8H11BO3/c1-4-2-5-3-12-7(11)8(5,9)6(4)10/h4-6,10H,2-3H2,1H3/t4?,5-,6?,8?/m0/s1. The van der Waals surface area contributed by atoms with Crippen LogP contribution in [0.2, 0.25) is 5.31 Å². The molecular formula is C8H11BO3. The second-order valence-electron chi connectivity index (χ2n) is 3.89. The minimum Gasteiger partial charge on any atom is -0.465 e. The van der Waals surface area contributed by atoms with Crippen molar-refractivity contribution >= 4 is 13.8 Å². The molecule has 0 spiro atoms. The highest BCUT2D eigenvalue weighted by Crippen LogP contribution is 2.54. The highest BCUT2D eigenvalue weighted by molar-refractivity contribution is 6.28. The van der Waals surface area contributed by atoms with Gasteiger partial charge in [0.1, 0.15) is 0 Å². The van der Waals surface area contributed by atoms with Crippen LogP contribution >= 0.6 is 0 Å². The monoisotopic (exact) mass is 166 g/mol. The van der Waals surface area contributed by atoms with Crippen LogP contribution in [-0.2, 0) is 9.53 Å². The first-order valence-corrected chi connectivity index (χ1v) is 4.21. The van der Waals surface area contributed by atoms with Gasteiger partial charge in [-0.15, -0.1) is 0 Å². The Bertz CT molecular complexity index is 226. The number of hydrogen-bond donors (Lipinski definition) is 1. The Morgan fingerprint density at radius 1 is 1.75 bits per heavy atom. The summed E-state index contributed by atoms with van der Waals surface area (Å²) >= 11 is 0. The van der Waals surface area contributed by atoms with Crippen LogP contribution in [0.5, 0.6) is 0 Å². The number of hydrogen-bond acceptors (Lipinski definition) is 3. The van der Waals surface area contributed by atoms with E-state index in [1.54, 1.807) is 0 Å². The number of esters is 1. The van der Waals surface area contributed by atoms with Crippen LogP contribution in [0.1, 0.15) is 13.3 Å². The summed E-state index contributed by atoms with van der Waals surface area (Å²) < 4.78 is 4.82. The third kappa shape index (κ3) is 0.737. The second kappa shape index (κ2) is 2.25. The Labute approximate surface area is 72.5 Å². The molecule has 2 radical (unpaired) electrons. The summed E-state index contributed by atoms with van der Waals surface area (Å²) in [5, 5.41) is 8.56. The van der Waals surface area contributed by atoms with Crippen molar-refractivity contribution < 1.29 is 14.6 Å². The van der Waals surface area contributed by atoms with Gasteiger partial charge in [-0.05, 0) is 12.3 Å². The number of aliphatic hydroxyl groups is 1. The maximum atomic E-state index is 11.2. The number of carbonyl (C=O) groups excluding carboxylic acids is 1. The highest BCUT2D eigenvalue weighted by atomic mass is 16.5. The number of ether oxygens (including phenoxy) is 1. The topological polar surface area (TPSA) is 46.5 Å². The van der Waals surface area contributed by atoms with Crippen molar-refractivity contribution in [1.29, 1.82) is 0 Å². The van der Waals surface area contributed by atoms with Crippen LogP contribution in [0.3, 0.4) is 0 Å². The minimum atomic E-state index is -1.11. The van der Waals surface area contributed by atoms with Crippen molar-refractivity contribution in [3.05, 3.63) is 0 Å². The maximum absolute atomic E-state index is 11.2. The van der Waals surface area contributed by atoms with Gasteiger partial charge in [-0.3, -0.25) is 4.79 Å². The van der Waals surface area contributed by atoms with Gasteiger partial charge in [0.2, 0.25) is 0 Å². The van der Waals surface area contributed by atoms with Crippen molar-refractivity contribution in [3.63, 3.8) is 0 Å². The van der Waals surface area contributed by atoms with E-state index in [1.807, 2.05) is 6.92 Å². The molecule has 3 nitrogen and oxygen atoms in total. The Morgan fingerprint density at radius 2 is 2.42 bits per heavy atom. The molecule has 0 aromatic rings. The molecule has 3 unspecified atom stereocenters. The average molecular weight is 166 g/mol. The minimum absolute atomic E-state index is 0.00926. The van der Waals surface area contributed by atoms with E-state index in [2.05, 4.69) is 0 Å². The molecule has 1 aliphatic carbocycles. The Kier molecular flexibility index (Phi) is 1.52. The Hall–Kier alpha value is -0.505. The normalized spacial score (nSPS) is 52.2. The van der Waals surface area contributed by atoms with Gasteiger partial charge in [0.15, 0.2) is 0 Å². The second-order valence-corrected chi connectivity index (χ2v) is 3.89. The molecule has 1 aliphatic heterocycles. The molecule has 2 aliphatic rings. The van der Waals surface area contributed by atoms with Crippen molar-refractivity contribution in [1.82, 2.24) is 0 Å². The van der Waals surface area contributed by atoms with E-state index in [0.717, 1.165) is 6.42 Å². The van der Waals surface area contributed by atoms with E-state index in [9.17, 15) is 9.90 Å². The Morgan fingerprint density at radius 3 is 3.00 bits per heavy atom. The van der Waals surface area contributed by atoms with Gasteiger partial charge in [0, 0.05) is 5.92 Å². The highest BCUT2D eigenvalue weighted by Gasteiger charge is 2.58. The maximum Gasteiger partial charge on any atom is 0.306 e. The zero-order chi connectivity index (χ0) is 8.93. The molecule has 4 atom stereocenters. The molecule has 1 saturated carbocycles. The predicted molar refractivity (Wildman–Crippen MR) is 42.7 cm³/mol. The molecule has 1 saturated heterocycles. The van der Waals surface area contributed by atoms with Gasteiger partial charge in [-0.25, -0.2) is 0 Å². The fourth-order valence-electron chi connectivity index (χ4n) is 2.28. The van der Waals surface area contributed by atoms with Gasteiger partial charge < -0.3 is 9.84 Å². The summed E-state index contributed by atoms with van der Waals surface area (Å²) in [6, 6.07) is 0. The SMILES string of the molecule is [B]C12C(=O)OC[C@@H]1CC(C)C2O. The van der Waals surface area contributed by atoms with Crippen LogP contribution < -0.4 is 0 Å². The first-order valence-electron chi connectivity index (χ1n) is 4.21. The molecule has 1 heterocycles. The zero-order valence-electron chi connectivity index (χ0n) is 6.99. The summed E-state index contributed by atoms with van der Waals surface area (Å²) in [5.41, 5.74) is 0. The van der Waals surface area contributed by atoms with Crippen molar-refractivity contribution in [2.45, 2.75) is 24.8 Å². The van der Waals surface area contributed by atoms with Gasteiger partial charge in [-0.1, -0.05) is 6.92 Å². The number of rotatable bonds is 0. The zero-order valence-corrected chi connectivity index (χ0v) is 6.99. The molecule has 0 bridgehead atoms.